The van der Waals surface area contributed by atoms with E-state index in [0.717, 1.165) is 37.9 Å². The molecule has 11 aromatic rings. The summed E-state index contributed by atoms with van der Waals surface area (Å²) in [6.45, 7) is 0. The molecule has 0 unspecified atom stereocenters. The first-order valence-corrected chi connectivity index (χ1v) is 18.1. The van der Waals surface area contributed by atoms with Gasteiger partial charge in [-0.1, -0.05) is 133 Å². The number of thiophene rings is 2. The van der Waals surface area contributed by atoms with E-state index in [4.69, 9.17) is 9.97 Å². The van der Waals surface area contributed by atoms with Gasteiger partial charge in [0.1, 0.15) is 0 Å². The molecule has 5 heteroatoms. The fourth-order valence-electron chi connectivity index (χ4n) is 7.71. The predicted octanol–water partition coefficient (Wildman–Crippen LogP) is 12.8. The molecule has 4 aromatic heterocycles. The van der Waals surface area contributed by atoms with E-state index < -0.39 is 0 Å². The second-order valence-corrected chi connectivity index (χ2v) is 14.6. The molecule has 0 amide bonds. The van der Waals surface area contributed by atoms with Crippen LogP contribution in [0.15, 0.2) is 152 Å². The summed E-state index contributed by atoms with van der Waals surface area (Å²) in [6, 6.07) is 54.6. The molecule has 3 nitrogen and oxygen atoms in total. The first kappa shape index (κ1) is 27.1. The van der Waals surface area contributed by atoms with Crippen molar-refractivity contribution in [1.82, 2.24) is 14.5 Å². The van der Waals surface area contributed by atoms with Crippen LogP contribution >= 0.6 is 22.7 Å². The van der Waals surface area contributed by atoms with Crippen molar-refractivity contribution in [3.05, 3.63) is 152 Å². The summed E-state index contributed by atoms with van der Waals surface area (Å²) in [5.74, 6) is 0.682. The standard InChI is InChI=1S/C44H25N3S2/c1-2-13-27(14-3-1)39-43-40(34-17-7-9-22-36(34)49-43)46-44(45-39)47-41-28-15-5-4-12-26(28)24-25-32(41)31-20-10-19-30(42(31)47)29-18-11-23-37-38(29)33-16-6-8-21-35(33)48-37/h1-25H. The Morgan fingerprint density at radius 1 is 0.429 bits per heavy atom. The summed E-state index contributed by atoms with van der Waals surface area (Å²) in [5.41, 5.74) is 7.67. The van der Waals surface area contributed by atoms with E-state index in [0.29, 0.717) is 5.95 Å². The molecule has 49 heavy (non-hydrogen) atoms. The molecule has 7 aromatic carbocycles. The van der Waals surface area contributed by atoms with Gasteiger partial charge in [-0.3, -0.25) is 4.57 Å². The van der Waals surface area contributed by atoms with Gasteiger partial charge >= 0.3 is 0 Å². The third-order valence-corrected chi connectivity index (χ3v) is 12.1. The minimum absolute atomic E-state index is 0.682. The highest BCUT2D eigenvalue weighted by atomic mass is 32.1. The van der Waals surface area contributed by atoms with E-state index in [1.54, 1.807) is 11.3 Å². The van der Waals surface area contributed by atoms with Gasteiger partial charge in [0, 0.05) is 57.5 Å². The fraction of sp³-hybridized carbons (Fsp3) is 0. The number of hydrogen-bond donors (Lipinski definition) is 0. The van der Waals surface area contributed by atoms with Gasteiger partial charge in [0.2, 0.25) is 5.95 Å². The Morgan fingerprint density at radius 2 is 1.08 bits per heavy atom. The van der Waals surface area contributed by atoms with Crippen LogP contribution < -0.4 is 0 Å². The van der Waals surface area contributed by atoms with Crippen molar-refractivity contribution in [2.75, 3.05) is 0 Å². The number of benzene rings is 7. The number of hydrogen-bond acceptors (Lipinski definition) is 4. The monoisotopic (exact) mass is 659 g/mol. The molecule has 228 valence electrons. The Kier molecular flexibility index (Phi) is 5.70. The van der Waals surface area contributed by atoms with E-state index in [1.165, 1.54) is 57.5 Å². The van der Waals surface area contributed by atoms with E-state index in [1.807, 2.05) is 11.3 Å². The molecule has 0 fully saturated rings. The maximum Gasteiger partial charge on any atom is 0.235 e. The summed E-state index contributed by atoms with van der Waals surface area (Å²) in [5, 5.41) is 8.49. The quantitative estimate of drug-likeness (QED) is 0.189. The van der Waals surface area contributed by atoms with Crippen molar-refractivity contribution in [2.24, 2.45) is 0 Å². The van der Waals surface area contributed by atoms with Gasteiger partial charge < -0.3 is 0 Å². The summed E-state index contributed by atoms with van der Waals surface area (Å²) >= 11 is 3.63. The van der Waals surface area contributed by atoms with Gasteiger partial charge in [-0.15, -0.1) is 22.7 Å². The van der Waals surface area contributed by atoms with Crippen LogP contribution in [0.5, 0.6) is 0 Å². The number of fused-ring (bicyclic) bond motifs is 11. The van der Waals surface area contributed by atoms with Crippen LogP contribution in [-0.4, -0.2) is 14.5 Å². The predicted molar refractivity (Wildman–Crippen MR) is 211 cm³/mol. The van der Waals surface area contributed by atoms with Crippen LogP contribution in [0.25, 0.3) is 101 Å². The minimum Gasteiger partial charge on any atom is -0.277 e. The van der Waals surface area contributed by atoms with Crippen LogP contribution in [0.4, 0.5) is 0 Å². The van der Waals surface area contributed by atoms with E-state index >= 15 is 0 Å². The van der Waals surface area contributed by atoms with Crippen molar-refractivity contribution in [1.29, 1.82) is 0 Å². The second-order valence-electron chi connectivity index (χ2n) is 12.5. The van der Waals surface area contributed by atoms with Gasteiger partial charge in [0.15, 0.2) is 0 Å². The zero-order chi connectivity index (χ0) is 32.1. The van der Waals surface area contributed by atoms with Crippen molar-refractivity contribution < 1.29 is 0 Å². The van der Waals surface area contributed by atoms with Gasteiger partial charge in [0.05, 0.1) is 26.9 Å². The van der Waals surface area contributed by atoms with Crippen LogP contribution in [0, 0.1) is 0 Å². The second kappa shape index (κ2) is 10.3. The largest absolute Gasteiger partial charge is 0.277 e. The fourth-order valence-corrected chi connectivity index (χ4v) is 10.00. The molecule has 11 rings (SSSR count). The molecule has 0 saturated heterocycles. The van der Waals surface area contributed by atoms with Gasteiger partial charge in [-0.2, -0.15) is 0 Å². The highest BCUT2D eigenvalue weighted by Crippen LogP contribution is 2.46. The molecule has 0 bridgehead atoms. The van der Waals surface area contributed by atoms with Crippen LogP contribution in [0.2, 0.25) is 0 Å². The normalized spacial score (nSPS) is 12.1. The maximum atomic E-state index is 5.52. The summed E-state index contributed by atoms with van der Waals surface area (Å²) < 4.78 is 7.27. The molecular formula is C44H25N3S2. The van der Waals surface area contributed by atoms with Crippen molar-refractivity contribution in [3.63, 3.8) is 0 Å². The lowest BCUT2D eigenvalue weighted by molar-refractivity contribution is 1.02. The lowest BCUT2D eigenvalue weighted by Crippen LogP contribution is -2.04. The number of nitrogens with zero attached hydrogens (tertiary/aromatic N) is 3. The first-order chi connectivity index (χ1) is 24.3. The van der Waals surface area contributed by atoms with E-state index in [-0.39, 0.29) is 0 Å². The Bertz CT molecular complexity index is 3110. The SMILES string of the molecule is c1ccc(-c2nc(-n3c4c(-c5cccc6sc7ccccc7c56)cccc4c4ccc5ccccc5c43)nc3c2sc2ccccc23)cc1. The van der Waals surface area contributed by atoms with Crippen LogP contribution in [-0.2, 0) is 0 Å². The average Bonchev–Trinajstić information content (AvgIpc) is 3.84. The van der Waals surface area contributed by atoms with Gasteiger partial charge in [0.25, 0.3) is 0 Å². The van der Waals surface area contributed by atoms with E-state index in [9.17, 15) is 0 Å². The average molecular weight is 660 g/mol. The molecule has 0 atom stereocenters. The molecule has 0 radical (unpaired) electrons. The maximum absolute atomic E-state index is 5.52. The van der Waals surface area contributed by atoms with Crippen LogP contribution in [0.1, 0.15) is 0 Å². The Hall–Kier alpha value is -5.88. The summed E-state index contributed by atoms with van der Waals surface area (Å²) in [6.07, 6.45) is 0. The highest BCUT2D eigenvalue weighted by Gasteiger charge is 2.24. The molecule has 0 aliphatic carbocycles. The zero-order valence-corrected chi connectivity index (χ0v) is 27.7. The number of para-hydroxylation sites is 1. The third kappa shape index (κ3) is 3.88. The Balaban J connectivity index is 1.35. The van der Waals surface area contributed by atoms with Crippen molar-refractivity contribution >= 4 is 95.7 Å². The van der Waals surface area contributed by atoms with Gasteiger partial charge in [-0.25, -0.2) is 9.97 Å². The zero-order valence-electron chi connectivity index (χ0n) is 26.1. The number of rotatable bonds is 3. The Labute approximate surface area is 289 Å². The smallest absolute Gasteiger partial charge is 0.235 e. The lowest BCUT2D eigenvalue weighted by atomic mass is 9.97. The molecule has 0 aliphatic heterocycles. The lowest BCUT2D eigenvalue weighted by Gasteiger charge is -2.14. The summed E-state index contributed by atoms with van der Waals surface area (Å²) in [4.78, 5) is 11.0. The molecule has 0 spiro atoms. The van der Waals surface area contributed by atoms with Crippen molar-refractivity contribution in [3.8, 4) is 28.3 Å². The first-order valence-electron chi connectivity index (χ1n) is 16.4. The van der Waals surface area contributed by atoms with Crippen molar-refractivity contribution in [2.45, 2.75) is 0 Å². The number of aromatic nitrogens is 3. The molecule has 4 heterocycles. The molecule has 0 saturated carbocycles. The minimum atomic E-state index is 0.682. The Morgan fingerprint density at radius 3 is 1.96 bits per heavy atom. The van der Waals surface area contributed by atoms with Crippen LogP contribution in [0.3, 0.4) is 0 Å². The molecule has 0 aliphatic rings. The van der Waals surface area contributed by atoms with E-state index in [2.05, 4.69) is 156 Å². The molecule has 0 N–H and O–H groups in total. The molecular weight excluding hydrogens is 635 g/mol. The summed E-state index contributed by atoms with van der Waals surface area (Å²) in [7, 11) is 0. The van der Waals surface area contributed by atoms with Gasteiger partial charge in [-0.05, 0) is 29.1 Å². The topological polar surface area (TPSA) is 30.7 Å². The third-order valence-electron chi connectivity index (χ3n) is 9.82. The highest BCUT2D eigenvalue weighted by molar-refractivity contribution is 7.26.